The zero-order valence-electron chi connectivity index (χ0n) is 18.2. The second kappa shape index (κ2) is 10.5. The molecule has 5 atom stereocenters. The number of fused-ring (bicyclic) bond motifs is 1. The number of amides is 1. The molecule has 2 aromatic carbocycles. The predicted octanol–water partition coefficient (Wildman–Crippen LogP) is 6.13. The van der Waals surface area contributed by atoms with Crippen molar-refractivity contribution in [3.05, 3.63) is 79.6 Å². The summed E-state index contributed by atoms with van der Waals surface area (Å²) in [7, 11) is -1.52. The fourth-order valence-electron chi connectivity index (χ4n) is 5.15. The van der Waals surface area contributed by atoms with Crippen LogP contribution < -0.4 is 4.72 Å². The van der Waals surface area contributed by atoms with Crippen LogP contribution in [0.4, 0.5) is 0 Å². The maximum atomic E-state index is 13.9. The van der Waals surface area contributed by atoms with Crippen molar-refractivity contribution in [2.75, 3.05) is 5.88 Å². The Labute approximate surface area is 205 Å². The van der Waals surface area contributed by atoms with Crippen LogP contribution >= 0.6 is 23.2 Å². The molecule has 0 aromatic heterocycles. The van der Waals surface area contributed by atoms with Crippen LogP contribution in [0.3, 0.4) is 0 Å². The Hall–Kier alpha value is -2.09. The molecule has 0 saturated heterocycles. The van der Waals surface area contributed by atoms with Gasteiger partial charge in [0.25, 0.3) is 5.91 Å². The summed E-state index contributed by atoms with van der Waals surface area (Å²) in [6.07, 6.45) is 3.48. The highest BCUT2D eigenvalue weighted by atomic mass is 35.5. The quantitative estimate of drug-likeness (QED) is 0.290. The van der Waals surface area contributed by atoms with Crippen molar-refractivity contribution in [3.8, 4) is 0 Å². The Morgan fingerprint density at radius 3 is 2.70 bits per heavy atom. The number of hydrogen-bond donors (Lipinski definition) is 1. The molecule has 10 heteroatoms. The number of hydrogen-bond acceptors (Lipinski definition) is 3. The third-order valence-corrected chi connectivity index (χ3v) is 8.06. The topological polar surface area (TPSA) is 98.2 Å². The minimum Gasteiger partial charge on any atom is -0.326 e. The molecule has 1 heterocycles. The highest BCUT2D eigenvalue weighted by Crippen LogP contribution is 2.47. The lowest BCUT2D eigenvalue weighted by Gasteiger charge is -2.49. The van der Waals surface area contributed by atoms with Gasteiger partial charge in [0.15, 0.2) is 0 Å². The number of azide groups is 1. The van der Waals surface area contributed by atoms with Gasteiger partial charge in [-0.15, -0.1) is 0 Å². The smallest absolute Gasteiger partial charge is 0.254 e. The van der Waals surface area contributed by atoms with E-state index >= 15 is 0 Å². The van der Waals surface area contributed by atoms with Gasteiger partial charge in [0.1, 0.15) is 5.88 Å². The van der Waals surface area contributed by atoms with Gasteiger partial charge in [0.05, 0.1) is 17.0 Å². The van der Waals surface area contributed by atoms with Crippen LogP contribution in [0.1, 0.15) is 66.1 Å². The molecule has 0 bridgehead atoms. The summed E-state index contributed by atoms with van der Waals surface area (Å²) in [6, 6.07) is 12.4. The number of carbonyl (C=O) groups excluding carboxylic acids is 1. The number of benzene rings is 2. The molecule has 1 unspecified atom stereocenters. The Bertz CT molecular complexity index is 1120. The van der Waals surface area contributed by atoms with Gasteiger partial charge in [-0.3, -0.25) is 4.79 Å². The average Bonchev–Trinajstić information content (AvgIpc) is 2.81. The summed E-state index contributed by atoms with van der Waals surface area (Å²) in [6.45, 7) is 2.11. The van der Waals surface area contributed by atoms with Crippen LogP contribution in [0, 0.1) is 0 Å². The largest absolute Gasteiger partial charge is 0.326 e. The normalized spacial score (nSPS) is 25.8. The van der Waals surface area contributed by atoms with E-state index in [-0.39, 0.29) is 35.8 Å². The van der Waals surface area contributed by atoms with Crippen molar-refractivity contribution in [2.24, 2.45) is 5.11 Å². The molecule has 7 nitrogen and oxygen atoms in total. The van der Waals surface area contributed by atoms with Crippen LogP contribution in [-0.2, 0) is 11.0 Å². The van der Waals surface area contributed by atoms with E-state index in [1.54, 1.807) is 12.1 Å². The lowest BCUT2D eigenvalue weighted by molar-refractivity contribution is 0.0375. The maximum Gasteiger partial charge on any atom is 0.254 e. The first-order chi connectivity index (χ1) is 15.9. The minimum absolute atomic E-state index is 0.00571. The van der Waals surface area contributed by atoms with Crippen LogP contribution in [-0.4, -0.2) is 33.0 Å². The third kappa shape index (κ3) is 4.91. The van der Waals surface area contributed by atoms with Crippen molar-refractivity contribution in [1.29, 1.82) is 0 Å². The standard InChI is InChI=1S/C23H25Cl2N5O2S/c1-14-16-6-2-3-7-17(16)23(31)30(22(14)18-11-10-15(24)12-19(18)25)21-9-5-4-8-20(21)28-33(32)13-27-29-26/h2-3,6-7,10-12,14,20-22,28H,4-5,8-9,13H2,1H3/t14-,20+,21+,22-,33?/m1/s1. The molecule has 0 radical (unpaired) electrons. The minimum atomic E-state index is -1.52. The Kier molecular flexibility index (Phi) is 7.62. The van der Waals surface area contributed by atoms with E-state index in [1.807, 2.05) is 35.2 Å². The van der Waals surface area contributed by atoms with E-state index < -0.39 is 11.0 Å². The third-order valence-electron chi connectivity index (χ3n) is 6.58. The van der Waals surface area contributed by atoms with Crippen molar-refractivity contribution < 1.29 is 9.00 Å². The van der Waals surface area contributed by atoms with Crippen LogP contribution in [0.2, 0.25) is 10.0 Å². The molecule has 2 aromatic rings. The van der Waals surface area contributed by atoms with Crippen molar-refractivity contribution in [1.82, 2.24) is 9.62 Å². The SMILES string of the molecule is C[C@@H]1c2ccccc2C(=O)N([C@H]2CCCC[C@@H]2NS(=O)CN=[N+]=[N-])[C@H]1c1ccc(Cl)cc1Cl. The molecule has 1 N–H and O–H groups in total. The second-order valence-electron chi connectivity index (χ2n) is 8.48. The van der Waals surface area contributed by atoms with Gasteiger partial charge in [0, 0.05) is 38.5 Å². The molecule has 1 aliphatic carbocycles. The molecule has 1 aliphatic heterocycles. The molecule has 174 valence electrons. The number of halogens is 2. The molecular weight excluding hydrogens is 481 g/mol. The van der Waals surface area contributed by atoms with Gasteiger partial charge < -0.3 is 4.90 Å². The van der Waals surface area contributed by atoms with Crippen LogP contribution in [0.15, 0.2) is 47.6 Å². The number of carbonyl (C=O) groups is 1. The van der Waals surface area contributed by atoms with Gasteiger partial charge in [0.2, 0.25) is 0 Å². The molecular formula is C23H25Cl2N5O2S. The zero-order valence-corrected chi connectivity index (χ0v) is 20.5. The zero-order chi connectivity index (χ0) is 23.5. The van der Waals surface area contributed by atoms with Gasteiger partial charge in [-0.1, -0.05) is 72.3 Å². The highest BCUT2D eigenvalue weighted by Gasteiger charge is 2.45. The number of rotatable bonds is 6. The Balaban J connectivity index is 1.78. The fourth-order valence-corrected chi connectivity index (χ4v) is 6.51. The van der Waals surface area contributed by atoms with E-state index in [2.05, 4.69) is 21.7 Å². The van der Waals surface area contributed by atoms with E-state index in [0.717, 1.165) is 36.8 Å². The Morgan fingerprint density at radius 1 is 1.18 bits per heavy atom. The molecule has 1 amide bonds. The van der Waals surface area contributed by atoms with Gasteiger partial charge in [-0.2, -0.15) is 0 Å². The fraction of sp³-hybridized carbons (Fsp3) is 0.435. The first-order valence-electron chi connectivity index (χ1n) is 10.9. The van der Waals surface area contributed by atoms with E-state index in [0.29, 0.717) is 15.6 Å². The summed E-state index contributed by atoms with van der Waals surface area (Å²) >= 11 is 12.8. The lowest BCUT2D eigenvalue weighted by Crippen LogP contribution is -2.57. The molecule has 0 spiro atoms. The van der Waals surface area contributed by atoms with E-state index in [4.69, 9.17) is 28.7 Å². The molecule has 1 saturated carbocycles. The van der Waals surface area contributed by atoms with Gasteiger partial charge >= 0.3 is 0 Å². The molecule has 4 rings (SSSR count). The van der Waals surface area contributed by atoms with Crippen molar-refractivity contribution >= 4 is 40.1 Å². The highest BCUT2D eigenvalue weighted by molar-refractivity contribution is 7.83. The second-order valence-corrected chi connectivity index (χ2v) is 10.5. The van der Waals surface area contributed by atoms with Crippen molar-refractivity contribution in [2.45, 2.75) is 56.7 Å². The number of nitrogens with one attached hydrogen (secondary N) is 1. The van der Waals surface area contributed by atoms with Gasteiger partial charge in [-0.25, -0.2) is 8.93 Å². The van der Waals surface area contributed by atoms with Gasteiger partial charge in [-0.05, 0) is 47.7 Å². The van der Waals surface area contributed by atoms with Crippen LogP contribution in [0.5, 0.6) is 0 Å². The van der Waals surface area contributed by atoms with Crippen molar-refractivity contribution in [3.63, 3.8) is 0 Å². The molecule has 2 aliphatic rings. The first kappa shape index (κ1) is 24.0. The number of nitrogens with zero attached hydrogens (tertiary/aromatic N) is 4. The lowest BCUT2D eigenvalue weighted by atomic mass is 9.78. The Morgan fingerprint density at radius 2 is 1.94 bits per heavy atom. The summed E-state index contributed by atoms with van der Waals surface area (Å²) in [5.74, 6) is -0.215. The summed E-state index contributed by atoms with van der Waals surface area (Å²) in [4.78, 5) is 18.5. The average molecular weight is 506 g/mol. The van der Waals surface area contributed by atoms with E-state index in [1.165, 1.54) is 0 Å². The van der Waals surface area contributed by atoms with Crippen LogP contribution in [0.25, 0.3) is 10.4 Å². The summed E-state index contributed by atoms with van der Waals surface area (Å²) in [5, 5.41) is 4.48. The van der Waals surface area contributed by atoms with E-state index in [9.17, 15) is 9.00 Å². The molecule has 1 fully saturated rings. The molecule has 33 heavy (non-hydrogen) atoms. The first-order valence-corrected chi connectivity index (χ1v) is 13.0. The predicted molar refractivity (Wildman–Crippen MR) is 132 cm³/mol. The monoisotopic (exact) mass is 505 g/mol. The summed E-state index contributed by atoms with van der Waals surface area (Å²) < 4.78 is 15.6. The summed E-state index contributed by atoms with van der Waals surface area (Å²) in [5.41, 5.74) is 11.1. The maximum absolute atomic E-state index is 13.9.